The molecule has 7 heteroatoms. The fourth-order valence-electron chi connectivity index (χ4n) is 3.28. The first kappa shape index (κ1) is 17.1. The van der Waals surface area contributed by atoms with Crippen molar-refractivity contribution < 1.29 is 9.90 Å². The average molecular weight is 348 g/mol. The lowest BCUT2D eigenvalue weighted by molar-refractivity contribution is 0.0833. The van der Waals surface area contributed by atoms with Crippen LogP contribution in [0.25, 0.3) is 10.2 Å². The van der Waals surface area contributed by atoms with Gasteiger partial charge in [0.2, 0.25) is 0 Å². The van der Waals surface area contributed by atoms with E-state index in [9.17, 15) is 9.90 Å². The molecule has 1 fully saturated rings. The summed E-state index contributed by atoms with van der Waals surface area (Å²) in [6.07, 6.45) is 3.37. The van der Waals surface area contributed by atoms with Crippen LogP contribution >= 0.6 is 11.3 Å². The molecule has 0 saturated carbocycles. The van der Waals surface area contributed by atoms with Crippen LogP contribution in [0.2, 0.25) is 0 Å². The van der Waals surface area contributed by atoms with Gasteiger partial charge in [0.05, 0.1) is 24.0 Å². The number of fused-ring (bicyclic) bond motifs is 1. The van der Waals surface area contributed by atoms with E-state index in [2.05, 4.69) is 4.90 Å². The zero-order valence-electron chi connectivity index (χ0n) is 14.2. The number of piperidine rings is 1. The number of carbonyl (C=O) groups excluding carboxylic acids is 1. The van der Waals surface area contributed by atoms with Gasteiger partial charge in [-0.05, 0) is 31.5 Å². The molecule has 0 bridgehead atoms. The van der Waals surface area contributed by atoms with Crippen molar-refractivity contribution in [2.24, 2.45) is 0 Å². The van der Waals surface area contributed by atoms with Crippen LogP contribution in [0.1, 0.15) is 40.7 Å². The second-order valence-electron chi connectivity index (χ2n) is 6.40. The molecule has 1 amide bonds. The maximum atomic E-state index is 12.3. The van der Waals surface area contributed by atoms with Gasteiger partial charge >= 0.3 is 0 Å². The van der Waals surface area contributed by atoms with Gasteiger partial charge in [-0.25, -0.2) is 4.98 Å². The summed E-state index contributed by atoms with van der Waals surface area (Å²) in [5, 5.41) is 10.1. The van der Waals surface area contributed by atoms with Gasteiger partial charge in [0, 0.05) is 26.0 Å². The van der Waals surface area contributed by atoms with Crippen molar-refractivity contribution in [3.8, 4) is 0 Å². The largest absolute Gasteiger partial charge is 0.397 e. The van der Waals surface area contributed by atoms with Gasteiger partial charge in [0.15, 0.2) is 0 Å². The molecule has 2 aromatic heterocycles. The Labute approximate surface area is 145 Å². The lowest BCUT2D eigenvalue weighted by atomic mass is 9.98. The van der Waals surface area contributed by atoms with Crippen LogP contribution in [-0.2, 0) is 0 Å². The highest BCUT2D eigenvalue weighted by Crippen LogP contribution is 2.36. The molecule has 3 heterocycles. The smallest absolute Gasteiger partial charge is 0.265 e. The number of hydrogen-bond donors (Lipinski definition) is 2. The Balaban J connectivity index is 1.97. The zero-order valence-corrected chi connectivity index (χ0v) is 15.0. The molecule has 130 valence electrons. The number of likely N-dealkylation sites (tertiary alicyclic amines) is 1. The Morgan fingerprint density at radius 1 is 1.46 bits per heavy atom. The number of pyridine rings is 1. The number of nitrogens with two attached hydrogens (primary N) is 1. The minimum absolute atomic E-state index is 0.0865. The second kappa shape index (κ2) is 7.04. The summed E-state index contributed by atoms with van der Waals surface area (Å²) in [7, 11) is 3.44. The topological polar surface area (TPSA) is 82.7 Å². The minimum Gasteiger partial charge on any atom is -0.397 e. The monoisotopic (exact) mass is 348 g/mol. The Bertz CT molecular complexity index is 742. The van der Waals surface area contributed by atoms with Crippen LogP contribution in [-0.4, -0.2) is 59.6 Å². The Morgan fingerprint density at radius 2 is 2.25 bits per heavy atom. The summed E-state index contributed by atoms with van der Waals surface area (Å²) < 4.78 is 0. The number of aromatic nitrogens is 1. The van der Waals surface area contributed by atoms with Crippen LogP contribution in [0.4, 0.5) is 5.69 Å². The molecule has 2 aromatic rings. The van der Waals surface area contributed by atoms with Crippen molar-refractivity contribution in [3.63, 3.8) is 0 Å². The van der Waals surface area contributed by atoms with E-state index in [4.69, 9.17) is 10.7 Å². The number of nitrogen functional groups attached to an aromatic ring is 1. The number of β-amino-alcohol motifs (C(OH)–C–C–N with tert-alkyl or cyclic N) is 1. The average Bonchev–Trinajstić information content (AvgIpc) is 2.91. The summed E-state index contributed by atoms with van der Waals surface area (Å²) in [5.74, 6) is -0.0865. The Hall–Kier alpha value is -1.70. The van der Waals surface area contributed by atoms with Crippen LogP contribution in [0.5, 0.6) is 0 Å². The number of hydrogen-bond acceptors (Lipinski definition) is 6. The number of anilines is 1. The van der Waals surface area contributed by atoms with Gasteiger partial charge in [0.1, 0.15) is 9.71 Å². The van der Waals surface area contributed by atoms with E-state index in [0.29, 0.717) is 17.1 Å². The van der Waals surface area contributed by atoms with Gasteiger partial charge in [-0.1, -0.05) is 6.42 Å². The van der Waals surface area contributed by atoms with Crippen LogP contribution in [0, 0.1) is 0 Å². The summed E-state index contributed by atoms with van der Waals surface area (Å²) in [6, 6.07) is 4.21. The first-order valence-corrected chi connectivity index (χ1v) is 9.10. The molecule has 1 aliphatic heterocycles. The molecule has 0 aliphatic carbocycles. The molecule has 6 nitrogen and oxygen atoms in total. The maximum absolute atomic E-state index is 12.3. The predicted octanol–water partition coefficient (Wildman–Crippen LogP) is 2.10. The molecule has 1 atom stereocenters. The molecule has 0 aromatic carbocycles. The zero-order chi connectivity index (χ0) is 17.3. The molecule has 0 radical (unpaired) electrons. The number of thiophene rings is 1. The van der Waals surface area contributed by atoms with Gasteiger partial charge in [0.25, 0.3) is 5.91 Å². The van der Waals surface area contributed by atoms with E-state index in [1.54, 1.807) is 14.1 Å². The van der Waals surface area contributed by atoms with Crippen molar-refractivity contribution in [2.75, 3.05) is 39.5 Å². The summed E-state index contributed by atoms with van der Waals surface area (Å²) in [4.78, 5) is 22.2. The van der Waals surface area contributed by atoms with E-state index >= 15 is 0 Å². The summed E-state index contributed by atoms with van der Waals surface area (Å²) >= 11 is 1.36. The molecule has 1 unspecified atom stereocenters. The number of rotatable bonds is 4. The van der Waals surface area contributed by atoms with E-state index in [-0.39, 0.29) is 18.6 Å². The lowest BCUT2D eigenvalue weighted by Crippen LogP contribution is -2.35. The lowest BCUT2D eigenvalue weighted by Gasteiger charge is -2.34. The second-order valence-corrected chi connectivity index (χ2v) is 7.40. The summed E-state index contributed by atoms with van der Waals surface area (Å²) in [5.41, 5.74) is 7.68. The SMILES string of the molecule is CN(C)C(=O)c1sc2nc(C3CCCCN3CCO)ccc2c1N. The Morgan fingerprint density at radius 3 is 2.96 bits per heavy atom. The molecular formula is C17H24N4O2S. The highest BCUT2D eigenvalue weighted by atomic mass is 32.1. The van der Waals surface area contributed by atoms with Gasteiger partial charge in [-0.2, -0.15) is 0 Å². The number of nitrogens with zero attached hydrogens (tertiary/aromatic N) is 3. The van der Waals surface area contributed by atoms with E-state index < -0.39 is 0 Å². The highest BCUT2D eigenvalue weighted by molar-refractivity contribution is 7.21. The van der Waals surface area contributed by atoms with Crippen LogP contribution in [0.15, 0.2) is 12.1 Å². The normalized spacial score (nSPS) is 18.9. The van der Waals surface area contributed by atoms with Crippen LogP contribution < -0.4 is 5.73 Å². The van der Waals surface area contributed by atoms with E-state index in [1.165, 1.54) is 22.7 Å². The molecule has 1 saturated heterocycles. The first-order chi connectivity index (χ1) is 11.5. The number of aliphatic hydroxyl groups is 1. The van der Waals surface area contributed by atoms with Gasteiger partial charge in [-0.3, -0.25) is 9.69 Å². The van der Waals surface area contributed by atoms with Crippen molar-refractivity contribution in [1.82, 2.24) is 14.8 Å². The third kappa shape index (κ3) is 3.11. The molecule has 3 N–H and O–H groups in total. The van der Waals surface area contributed by atoms with Crippen molar-refractivity contribution in [2.45, 2.75) is 25.3 Å². The van der Waals surface area contributed by atoms with Gasteiger partial charge < -0.3 is 15.7 Å². The predicted molar refractivity (Wildman–Crippen MR) is 97.3 cm³/mol. The number of amides is 1. The fourth-order valence-corrected chi connectivity index (χ4v) is 4.40. The fraction of sp³-hybridized carbons (Fsp3) is 0.529. The molecule has 1 aliphatic rings. The summed E-state index contributed by atoms with van der Waals surface area (Å²) in [6.45, 7) is 1.81. The van der Waals surface area contributed by atoms with E-state index in [1.807, 2.05) is 12.1 Å². The number of aliphatic hydroxyl groups excluding tert-OH is 1. The van der Waals surface area contributed by atoms with Crippen molar-refractivity contribution in [3.05, 3.63) is 22.7 Å². The van der Waals surface area contributed by atoms with E-state index in [0.717, 1.165) is 35.3 Å². The highest BCUT2D eigenvalue weighted by Gasteiger charge is 2.26. The van der Waals surface area contributed by atoms with Crippen molar-refractivity contribution in [1.29, 1.82) is 0 Å². The molecule has 24 heavy (non-hydrogen) atoms. The molecular weight excluding hydrogens is 324 g/mol. The maximum Gasteiger partial charge on any atom is 0.265 e. The first-order valence-electron chi connectivity index (χ1n) is 8.28. The Kier molecular flexibility index (Phi) is 5.03. The third-order valence-corrected chi connectivity index (χ3v) is 5.66. The third-order valence-electron chi connectivity index (χ3n) is 4.56. The molecule has 0 spiro atoms. The molecule has 3 rings (SSSR count). The van der Waals surface area contributed by atoms with Crippen LogP contribution in [0.3, 0.4) is 0 Å². The quantitative estimate of drug-likeness (QED) is 0.884. The van der Waals surface area contributed by atoms with Crippen molar-refractivity contribution >= 4 is 33.1 Å². The number of carbonyl (C=O) groups is 1. The standard InChI is InChI=1S/C17H24N4O2S/c1-20(2)17(23)15-14(18)11-6-7-12(19-16(11)24-15)13-5-3-4-8-21(13)9-10-22/h6-7,13,22H,3-5,8-10,18H2,1-2H3. The minimum atomic E-state index is -0.0865. The van der Waals surface area contributed by atoms with Gasteiger partial charge in [-0.15, -0.1) is 11.3 Å².